The Morgan fingerprint density at radius 2 is 2.35 bits per heavy atom. The third kappa shape index (κ3) is 3.05. The van der Waals surface area contributed by atoms with E-state index in [2.05, 4.69) is 15.6 Å². The summed E-state index contributed by atoms with van der Waals surface area (Å²) in [5.74, 6) is 0.982. The lowest BCUT2D eigenvalue weighted by molar-refractivity contribution is -0.112. The lowest BCUT2D eigenvalue weighted by Crippen LogP contribution is -2.37. The van der Waals surface area contributed by atoms with Crippen molar-refractivity contribution in [2.24, 2.45) is 0 Å². The normalized spacial score (nSPS) is 26.7. The molecule has 2 unspecified atom stereocenters. The SMILES string of the molecule is O=C(NC1CCSC1=O)c1csc(C2CCCNC2)n1. The second kappa shape index (κ2) is 6.24. The summed E-state index contributed by atoms with van der Waals surface area (Å²) in [5.41, 5.74) is 0.445. The van der Waals surface area contributed by atoms with Crippen LogP contribution in [0.3, 0.4) is 0 Å². The number of aromatic nitrogens is 1. The molecule has 2 N–H and O–H groups in total. The Morgan fingerprint density at radius 3 is 3.05 bits per heavy atom. The summed E-state index contributed by atoms with van der Waals surface area (Å²) in [7, 11) is 0. The monoisotopic (exact) mass is 311 g/mol. The Labute approximate surface area is 125 Å². The minimum atomic E-state index is -0.339. The average molecular weight is 311 g/mol. The van der Waals surface area contributed by atoms with Gasteiger partial charge in [0.1, 0.15) is 5.69 Å². The average Bonchev–Trinajstić information content (AvgIpc) is 3.10. The molecule has 3 rings (SSSR count). The highest BCUT2D eigenvalue weighted by Crippen LogP contribution is 2.26. The molecule has 0 spiro atoms. The molecule has 108 valence electrons. The summed E-state index contributed by atoms with van der Waals surface area (Å²) in [6, 6.07) is -0.339. The molecule has 2 fully saturated rings. The maximum absolute atomic E-state index is 12.1. The molecule has 0 radical (unpaired) electrons. The summed E-state index contributed by atoms with van der Waals surface area (Å²) in [6.45, 7) is 2.00. The van der Waals surface area contributed by atoms with Crippen LogP contribution in [0.5, 0.6) is 0 Å². The fraction of sp³-hybridized carbons (Fsp3) is 0.615. The number of nitrogens with one attached hydrogen (secondary N) is 2. The molecule has 0 aliphatic carbocycles. The Hall–Kier alpha value is -0.920. The number of amides is 1. The maximum atomic E-state index is 12.1. The Bertz CT molecular complexity index is 511. The van der Waals surface area contributed by atoms with Gasteiger partial charge in [0.25, 0.3) is 5.91 Å². The van der Waals surface area contributed by atoms with Crippen molar-refractivity contribution in [1.82, 2.24) is 15.6 Å². The van der Waals surface area contributed by atoms with Gasteiger partial charge in [-0.15, -0.1) is 11.3 Å². The van der Waals surface area contributed by atoms with Gasteiger partial charge in [0.15, 0.2) is 0 Å². The van der Waals surface area contributed by atoms with Crippen LogP contribution in [0.15, 0.2) is 5.38 Å². The Kier molecular flexibility index (Phi) is 4.38. The third-order valence-corrected chi connectivity index (χ3v) is 5.66. The Morgan fingerprint density at radius 1 is 1.45 bits per heavy atom. The van der Waals surface area contributed by atoms with Crippen molar-refractivity contribution < 1.29 is 9.59 Å². The zero-order chi connectivity index (χ0) is 13.9. The van der Waals surface area contributed by atoms with Crippen LogP contribution in [0.2, 0.25) is 0 Å². The zero-order valence-electron chi connectivity index (χ0n) is 11.1. The van der Waals surface area contributed by atoms with Gasteiger partial charge in [-0.05, 0) is 25.8 Å². The van der Waals surface area contributed by atoms with Gasteiger partial charge in [0.2, 0.25) is 5.12 Å². The van der Waals surface area contributed by atoms with Crippen molar-refractivity contribution in [2.45, 2.75) is 31.2 Å². The smallest absolute Gasteiger partial charge is 0.271 e. The first-order valence-electron chi connectivity index (χ1n) is 6.87. The van der Waals surface area contributed by atoms with Gasteiger partial charge in [-0.1, -0.05) is 11.8 Å². The minimum Gasteiger partial charge on any atom is -0.340 e. The third-order valence-electron chi connectivity index (χ3n) is 3.64. The fourth-order valence-electron chi connectivity index (χ4n) is 2.50. The van der Waals surface area contributed by atoms with E-state index in [1.54, 1.807) is 16.7 Å². The van der Waals surface area contributed by atoms with Crippen LogP contribution in [0, 0.1) is 0 Å². The molecule has 1 amide bonds. The second-order valence-corrected chi connectivity index (χ2v) is 7.09. The molecule has 1 aromatic rings. The highest BCUT2D eigenvalue weighted by Gasteiger charge is 2.28. The van der Waals surface area contributed by atoms with Crippen LogP contribution in [0.25, 0.3) is 0 Å². The number of piperidine rings is 1. The Balaban J connectivity index is 1.63. The molecule has 2 saturated heterocycles. The molecule has 20 heavy (non-hydrogen) atoms. The van der Waals surface area contributed by atoms with E-state index in [1.165, 1.54) is 11.8 Å². The summed E-state index contributed by atoms with van der Waals surface area (Å²) in [4.78, 5) is 28.1. The quantitative estimate of drug-likeness (QED) is 0.882. The number of carbonyl (C=O) groups is 2. The van der Waals surface area contributed by atoms with Crippen molar-refractivity contribution in [3.63, 3.8) is 0 Å². The molecule has 0 aromatic carbocycles. The molecular weight excluding hydrogens is 294 g/mol. The van der Waals surface area contributed by atoms with Crippen LogP contribution in [-0.4, -0.2) is 40.9 Å². The van der Waals surface area contributed by atoms with Gasteiger partial charge in [-0.3, -0.25) is 9.59 Å². The highest BCUT2D eigenvalue weighted by atomic mass is 32.2. The van der Waals surface area contributed by atoms with Crippen LogP contribution < -0.4 is 10.6 Å². The largest absolute Gasteiger partial charge is 0.340 e. The number of rotatable bonds is 3. The number of nitrogens with zero attached hydrogens (tertiary/aromatic N) is 1. The standard InChI is InChI=1S/C13H17N3O2S2/c17-11(15-9-3-5-19-13(9)18)10-7-20-12(16-10)8-2-1-4-14-6-8/h7-9,14H,1-6H2,(H,15,17). The lowest BCUT2D eigenvalue weighted by Gasteiger charge is -2.20. The number of hydrogen-bond acceptors (Lipinski definition) is 6. The van der Waals surface area contributed by atoms with Crippen molar-refractivity contribution in [2.75, 3.05) is 18.8 Å². The van der Waals surface area contributed by atoms with Crippen molar-refractivity contribution in [3.8, 4) is 0 Å². The molecule has 2 aliphatic heterocycles. The number of thiazole rings is 1. The molecule has 0 saturated carbocycles. The van der Waals surface area contributed by atoms with E-state index in [4.69, 9.17) is 0 Å². The van der Waals surface area contributed by atoms with E-state index in [0.29, 0.717) is 11.6 Å². The van der Waals surface area contributed by atoms with Gasteiger partial charge in [0, 0.05) is 23.6 Å². The second-order valence-electron chi connectivity index (χ2n) is 5.10. The van der Waals surface area contributed by atoms with E-state index >= 15 is 0 Å². The van der Waals surface area contributed by atoms with Crippen LogP contribution >= 0.6 is 23.1 Å². The van der Waals surface area contributed by atoms with E-state index in [0.717, 1.165) is 43.1 Å². The highest BCUT2D eigenvalue weighted by molar-refractivity contribution is 8.14. The molecule has 2 atom stereocenters. The molecule has 1 aromatic heterocycles. The van der Waals surface area contributed by atoms with Gasteiger partial charge >= 0.3 is 0 Å². The molecule has 7 heteroatoms. The first kappa shape index (κ1) is 14.0. The lowest BCUT2D eigenvalue weighted by atomic mass is 10.0. The van der Waals surface area contributed by atoms with Gasteiger partial charge < -0.3 is 10.6 Å². The minimum absolute atomic E-state index is 0.0604. The van der Waals surface area contributed by atoms with Crippen molar-refractivity contribution in [3.05, 3.63) is 16.1 Å². The van der Waals surface area contributed by atoms with Crippen molar-refractivity contribution in [1.29, 1.82) is 0 Å². The first-order valence-corrected chi connectivity index (χ1v) is 8.74. The molecular formula is C13H17N3O2S2. The number of carbonyl (C=O) groups excluding carboxylic acids is 2. The fourth-order valence-corrected chi connectivity index (χ4v) is 4.37. The molecule has 2 aliphatic rings. The van der Waals surface area contributed by atoms with Gasteiger partial charge in [-0.2, -0.15) is 0 Å². The van der Waals surface area contributed by atoms with Crippen molar-refractivity contribution >= 4 is 34.1 Å². The summed E-state index contributed by atoms with van der Waals surface area (Å²) in [5, 5.41) is 9.02. The summed E-state index contributed by atoms with van der Waals surface area (Å²) < 4.78 is 0. The van der Waals surface area contributed by atoms with E-state index in [1.807, 2.05) is 0 Å². The van der Waals surface area contributed by atoms with Crippen LogP contribution in [-0.2, 0) is 4.79 Å². The topological polar surface area (TPSA) is 71.1 Å². The molecule has 3 heterocycles. The maximum Gasteiger partial charge on any atom is 0.271 e. The van der Waals surface area contributed by atoms with Crippen LogP contribution in [0.4, 0.5) is 0 Å². The number of hydrogen-bond donors (Lipinski definition) is 2. The van der Waals surface area contributed by atoms with Crippen LogP contribution in [0.1, 0.15) is 40.7 Å². The molecule has 0 bridgehead atoms. The van der Waals surface area contributed by atoms with E-state index in [9.17, 15) is 9.59 Å². The first-order chi connectivity index (χ1) is 9.74. The van der Waals surface area contributed by atoms with Gasteiger partial charge in [0.05, 0.1) is 11.0 Å². The zero-order valence-corrected chi connectivity index (χ0v) is 12.7. The summed E-state index contributed by atoms with van der Waals surface area (Å²) >= 11 is 2.83. The van der Waals surface area contributed by atoms with E-state index < -0.39 is 0 Å². The molecule has 5 nitrogen and oxygen atoms in total. The number of thioether (sulfide) groups is 1. The van der Waals surface area contributed by atoms with E-state index in [-0.39, 0.29) is 17.1 Å². The summed E-state index contributed by atoms with van der Waals surface area (Å²) in [6.07, 6.45) is 3.00. The predicted molar refractivity (Wildman–Crippen MR) is 80.3 cm³/mol. The van der Waals surface area contributed by atoms with Gasteiger partial charge in [-0.25, -0.2) is 4.98 Å². The predicted octanol–water partition coefficient (Wildman–Crippen LogP) is 1.37.